The van der Waals surface area contributed by atoms with Gasteiger partial charge in [-0.25, -0.2) is 9.97 Å². The Balaban J connectivity index is 1.83. The summed E-state index contributed by atoms with van der Waals surface area (Å²) in [6, 6.07) is 0. The van der Waals surface area contributed by atoms with E-state index in [2.05, 4.69) is 20.4 Å². The second-order valence-electron chi connectivity index (χ2n) is 6.05. The number of nitrogens with one attached hydrogen (secondary N) is 1. The summed E-state index contributed by atoms with van der Waals surface area (Å²) in [7, 11) is 0. The third-order valence-electron chi connectivity index (χ3n) is 4.38. The first-order valence-electron chi connectivity index (χ1n) is 8.25. The highest BCUT2D eigenvalue weighted by Crippen LogP contribution is 2.37. The molecule has 0 atom stereocenters. The van der Waals surface area contributed by atoms with Crippen molar-refractivity contribution in [3.8, 4) is 0 Å². The van der Waals surface area contributed by atoms with Gasteiger partial charge in [0.05, 0.1) is 5.39 Å². The van der Waals surface area contributed by atoms with Crippen molar-refractivity contribution in [1.29, 1.82) is 0 Å². The van der Waals surface area contributed by atoms with E-state index in [1.165, 1.54) is 23.3 Å². The zero-order valence-corrected chi connectivity index (χ0v) is 14.3. The molecule has 0 spiro atoms. The van der Waals surface area contributed by atoms with Gasteiger partial charge in [0, 0.05) is 18.0 Å². The first-order valence-corrected chi connectivity index (χ1v) is 9.07. The van der Waals surface area contributed by atoms with E-state index >= 15 is 0 Å². The fraction of sp³-hybridized carbons (Fsp3) is 0.500. The fourth-order valence-electron chi connectivity index (χ4n) is 3.21. The Morgan fingerprint density at radius 1 is 1.33 bits per heavy atom. The molecule has 3 aromatic heterocycles. The number of aryl methyl sites for hydroxylation is 3. The van der Waals surface area contributed by atoms with E-state index in [1.807, 2.05) is 6.92 Å². The van der Waals surface area contributed by atoms with Crippen LogP contribution in [0.1, 0.15) is 46.1 Å². The van der Waals surface area contributed by atoms with E-state index in [9.17, 15) is 4.79 Å². The third kappa shape index (κ3) is 2.46. The van der Waals surface area contributed by atoms with Crippen LogP contribution in [-0.4, -0.2) is 43.7 Å². The molecule has 0 radical (unpaired) electrons. The topological polar surface area (TPSA) is 92.4 Å². The molecule has 0 bridgehead atoms. The Morgan fingerprint density at radius 3 is 3.00 bits per heavy atom. The average Bonchev–Trinajstić information content (AvgIpc) is 3.16. The number of thiophene rings is 1. The standard InChI is InChI=1S/C16H19N5O2S/c1-9-18-16-12(10-5-2-3-6-11(10)24-16)14-19-13(20-21(9)14)15(23)17-7-4-8-22/h22H,2-8H2,1H3,(H,17,23). The second kappa shape index (κ2) is 6.10. The lowest BCUT2D eigenvalue weighted by Crippen LogP contribution is -2.26. The predicted octanol–water partition coefficient (Wildman–Crippen LogP) is 1.64. The maximum Gasteiger partial charge on any atom is 0.290 e. The number of aliphatic hydroxyl groups excluding tert-OH is 1. The molecule has 8 heteroatoms. The van der Waals surface area contributed by atoms with Crippen molar-refractivity contribution in [2.45, 2.75) is 39.0 Å². The van der Waals surface area contributed by atoms with Gasteiger partial charge in [0.25, 0.3) is 5.91 Å². The van der Waals surface area contributed by atoms with Gasteiger partial charge in [0.15, 0.2) is 5.65 Å². The summed E-state index contributed by atoms with van der Waals surface area (Å²) in [5, 5.41) is 16.9. The van der Waals surface area contributed by atoms with E-state index in [0.29, 0.717) is 13.0 Å². The van der Waals surface area contributed by atoms with Crippen molar-refractivity contribution in [1.82, 2.24) is 24.9 Å². The summed E-state index contributed by atoms with van der Waals surface area (Å²) < 4.78 is 1.67. The minimum absolute atomic E-state index is 0.0452. The van der Waals surface area contributed by atoms with Crippen molar-refractivity contribution in [2.24, 2.45) is 0 Å². The third-order valence-corrected chi connectivity index (χ3v) is 5.56. The molecule has 1 aliphatic rings. The normalized spacial score (nSPS) is 14.2. The quantitative estimate of drug-likeness (QED) is 0.701. The Kier molecular flexibility index (Phi) is 3.93. The minimum atomic E-state index is -0.316. The first-order chi connectivity index (χ1) is 11.7. The molecule has 1 amide bonds. The number of carbonyl (C=O) groups excluding carboxylic acids is 1. The van der Waals surface area contributed by atoms with Gasteiger partial charge in [0.2, 0.25) is 5.82 Å². The number of rotatable bonds is 4. The van der Waals surface area contributed by atoms with Gasteiger partial charge >= 0.3 is 0 Å². The van der Waals surface area contributed by atoms with Crippen molar-refractivity contribution >= 4 is 33.1 Å². The van der Waals surface area contributed by atoms with Crippen LogP contribution in [0.4, 0.5) is 0 Å². The molecule has 4 rings (SSSR count). The van der Waals surface area contributed by atoms with Gasteiger partial charge < -0.3 is 10.4 Å². The SMILES string of the molecule is Cc1nc2sc3c(c2c2nc(C(=O)NCCCO)nn12)CCCC3. The summed E-state index contributed by atoms with van der Waals surface area (Å²) in [6.45, 7) is 2.34. The number of fused-ring (bicyclic) bond motifs is 5. The van der Waals surface area contributed by atoms with Gasteiger partial charge in [0.1, 0.15) is 10.7 Å². The van der Waals surface area contributed by atoms with Crippen LogP contribution >= 0.6 is 11.3 Å². The lowest BCUT2D eigenvalue weighted by atomic mass is 9.97. The minimum Gasteiger partial charge on any atom is -0.396 e. The molecule has 0 unspecified atom stereocenters. The number of aromatic nitrogens is 4. The zero-order chi connectivity index (χ0) is 16.7. The number of amides is 1. The van der Waals surface area contributed by atoms with Gasteiger partial charge in [-0.05, 0) is 44.6 Å². The largest absolute Gasteiger partial charge is 0.396 e. The molecule has 0 saturated heterocycles. The summed E-state index contributed by atoms with van der Waals surface area (Å²) in [5.74, 6) is 0.572. The number of carbonyl (C=O) groups is 1. The van der Waals surface area contributed by atoms with Crippen LogP contribution in [-0.2, 0) is 12.8 Å². The Labute approximate surface area is 142 Å². The van der Waals surface area contributed by atoms with Gasteiger partial charge in [-0.3, -0.25) is 4.79 Å². The molecule has 2 N–H and O–H groups in total. The van der Waals surface area contributed by atoms with Crippen molar-refractivity contribution in [2.75, 3.05) is 13.2 Å². The number of hydrogen-bond acceptors (Lipinski definition) is 6. The Hall–Kier alpha value is -2.06. The zero-order valence-electron chi connectivity index (χ0n) is 13.5. The summed E-state index contributed by atoms with van der Waals surface area (Å²) >= 11 is 1.74. The van der Waals surface area contributed by atoms with Crippen LogP contribution in [0, 0.1) is 6.92 Å². The van der Waals surface area contributed by atoms with Crippen LogP contribution < -0.4 is 5.32 Å². The highest BCUT2D eigenvalue weighted by atomic mass is 32.1. The maximum absolute atomic E-state index is 12.2. The van der Waals surface area contributed by atoms with Crippen molar-refractivity contribution in [3.05, 3.63) is 22.1 Å². The predicted molar refractivity (Wildman–Crippen MR) is 91.6 cm³/mol. The number of nitrogens with zero attached hydrogens (tertiary/aromatic N) is 4. The van der Waals surface area contributed by atoms with Crippen molar-refractivity contribution in [3.63, 3.8) is 0 Å². The van der Waals surface area contributed by atoms with Crippen LogP contribution in [0.15, 0.2) is 0 Å². The molecular formula is C16H19N5O2S. The van der Waals surface area contributed by atoms with E-state index in [0.717, 1.165) is 34.5 Å². The summed E-state index contributed by atoms with van der Waals surface area (Å²) in [6.07, 6.45) is 5.06. The lowest BCUT2D eigenvalue weighted by Gasteiger charge is -2.10. The average molecular weight is 345 g/mol. The lowest BCUT2D eigenvalue weighted by molar-refractivity contribution is 0.0941. The molecule has 126 valence electrons. The van der Waals surface area contributed by atoms with Gasteiger partial charge in [-0.15, -0.1) is 16.4 Å². The smallest absolute Gasteiger partial charge is 0.290 e. The molecule has 24 heavy (non-hydrogen) atoms. The Bertz CT molecular complexity index is 930. The fourth-order valence-corrected chi connectivity index (χ4v) is 4.51. The molecule has 0 fully saturated rings. The van der Waals surface area contributed by atoms with Crippen LogP contribution in [0.3, 0.4) is 0 Å². The van der Waals surface area contributed by atoms with Crippen molar-refractivity contribution < 1.29 is 9.90 Å². The Morgan fingerprint density at radius 2 is 2.17 bits per heavy atom. The maximum atomic E-state index is 12.2. The molecule has 3 aromatic rings. The van der Waals surface area contributed by atoms with Gasteiger partial charge in [-0.1, -0.05) is 0 Å². The number of hydrogen-bond donors (Lipinski definition) is 2. The highest BCUT2D eigenvalue weighted by Gasteiger charge is 2.23. The molecule has 0 aromatic carbocycles. The van der Waals surface area contributed by atoms with Crippen LogP contribution in [0.5, 0.6) is 0 Å². The highest BCUT2D eigenvalue weighted by molar-refractivity contribution is 7.19. The van der Waals surface area contributed by atoms with Gasteiger partial charge in [-0.2, -0.15) is 4.52 Å². The van der Waals surface area contributed by atoms with Crippen LogP contribution in [0.2, 0.25) is 0 Å². The van der Waals surface area contributed by atoms with E-state index in [-0.39, 0.29) is 18.3 Å². The molecule has 7 nitrogen and oxygen atoms in total. The molecule has 0 aliphatic heterocycles. The second-order valence-corrected chi connectivity index (χ2v) is 7.14. The number of aliphatic hydroxyl groups is 1. The first kappa shape index (κ1) is 15.5. The molecule has 0 saturated carbocycles. The van der Waals surface area contributed by atoms with E-state index < -0.39 is 0 Å². The van der Waals surface area contributed by atoms with E-state index in [4.69, 9.17) is 5.11 Å². The van der Waals surface area contributed by atoms with Crippen LogP contribution in [0.25, 0.3) is 15.9 Å². The molecular weight excluding hydrogens is 326 g/mol. The molecule has 3 heterocycles. The molecule has 1 aliphatic carbocycles. The summed E-state index contributed by atoms with van der Waals surface area (Å²) in [5.41, 5.74) is 2.06. The van der Waals surface area contributed by atoms with E-state index in [1.54, 1.807) is 15.9 Å². The monoisotopic (exact) mass is 345 g/mol. The summed E-state index contributed by atoms with van der Waals surface area (Å²) in [4.78, 5) is 23.8.